The molecule has 0 aliphatic carbocycles. The van der Waals surface area contributed by atoms with E-state index in [1.807, 2.05) is 12.1 Å². The highest BCUT2D eigenvalue weighted by molar-refractivity contribution is 6.35. The predicted octanol–water partition coefficient (Wildman–Crippen LogP) is 2.97. The summed E-state index contributed by atoms with van der Waals surface area (Å²) in [6.45, 7) is 7.61. The second kappa shape index (κ2) is 8.09. The molecule has 1 aliphatic rings. The monoisotopic (exact) mass is 378 g/mol. The SMILES string of the molecule is CC[NH+]1CCN(c2ccc(NC(=O)c3ccccc3Cl)cc2Cl)CC1. The lowest BCUT2D eigenvalue weighted by atomic mass is 10.2. The van der Waals surface area contributed by atoms with Crippen LogP contribution in [0.4, 0.5) is 11.4 Å². The number of quaternary nitrogens is 1. The van der Waals surface area contributed by atoms with Gasteiger partial charge in [0, 0.05) is 5.69 Å². The summed E-state index contributed by atoms with van der Waals surface area (Å²) in [7, 11) is 0. The lowest BCUT2D eigenvalue weighted by Crippen LogP contribution is -3.14. The molecule has 0 atom stereocenters. The van der Waals surface area contributed by atoms with Gasteiger partial charge in [-0.1, -0.05) is 35.3 Å². The molecule has 1 heterocycles. The van der Waals surface area contributed by atoms with Gasteiger partial charge in [-0.2, -0.15) is 0 Å². The Kier molecular flexibility index (Phi) is 5.84. The molecule has 1 amide bonds. The molecule has 1 aliphatic heterocycles. The first-order valence-electron chi connectivity index (χ1n) is 8.52. The van der Waals surface area contributed by atoms with E-state index in [-0.39, 0.29) is 5.91 Å². The molecule has 1 saturated heterocycles. The van der Waals surface area contributed by atoms with E-state index < -0.39 is 0 Å². The molecule has 0 unspecified atom stereocenters. The first kappa shape index (κ1) is 18.1. The van der Waals surface area contributed by atoms with Crippen LogP contribution in [0.1, 0.15) is 17.3 Å². The number of carbonyl (C=O) groups excluding carboxylic acids is 1. The van der Waals surface area contributed by atoms with Crippen molar-refractivity contribution >= 4 is 40.5 Å². The van der Waals surface area contributed by atoms with Crippen molar-refractivity contribution < 1.29 is 9.69 Å². The van der Waals surface area contributed by atoms with E-state index in [0.717, 1.165) is 38.4 Å². The van der Waals surface area contributed by atoms with Crippen molar-refractivity contribution in [3.05, 3.63) is 58.1 Å². The first-order chi connectivity index (χ1) is 12.1. The number of amides is 1. The lowest BCUT2D eigenvalue weighted by Gasteiger charge is -2.33. The molecule has 3 rings (SSSR count). The van der Waals surface area contributed by atoms with Gasteiger partial charge in [0.2, 0.25) is 0 Å². The zero-order valence-electron chi connectivity index (χ0n) is 14.2. The molecule has 0 radical (unpaired) electrons. The zero-order valence-corrected chi connectivity index (χ0v) is 15.7. The fraction of sp³-hybridized carbons (Fsp3) is 0.316. The molecule has 0 bridgehead atoms. The Morgan fingerprint density at radius 3 is 2.48 bits per heavy atom. The smallest absolute Gasteiger partial charge is 0.257 e. The molecule has 0 spiro atoms. The van der Waals surface area contributed by atoms with Crippen molar-refractivity contribution in [1.29, 1.82) is 0 Å². The van der Waals surface area contributed by atoms with Gasteiger partial charge >= 0.3 is 0 Å². The number of nitrogens with one attached hydrogen (secondary N) is 2. The number of piperazine rings is 1. The van der Waals surface area contributed by atoms with E-state index in [0.29, 0.717) is 21.3 Å². The molecule has 132 valence electrons. The van der Waals surface area contributed by atoms with E-state index >= 15 is 0 Å². The van der Waals surface area contributed by atoms with Crippen LogP contribution in [0.25, 0.3) is 0 Å². The summed E-state index contributed by atoms with van der Waals surface area (Å²) in [6, 6.07) is 12.6. The lowest BCUT2D eigenvalue weighted by molar-refractivity contribution is -0.898. The van der Waals surface area contributed by atoms with Gasteiger partial charge in [0.15, 0.2) is 0 Å². The summed E-state index contributed by atoms with van der Waals surface area (Å²) < 4.78 is 0. The van der Waals surface area contributed by atoms with Gasteiger partial charge in [-0.05, 0) is 37.3 Å². The van der Waals surface area contributed by atoms with Gasteiger partial charge < -0.3 is 15.1 Å². The van der Waals surface area contributed by atoms with Crippen LogP contribution in [-0.4, -0.2) is 38.6 Å². The Morgan fingerprint density at radius 2 is 1.84 bits per heavy atom. The third-order valence-corrected chi connectivity index (χ3v) is 5.27. The Labute approximate surface area is 158 Å². The van der Waals surface area contributed by atoms with Gasteiger partial charge in [0.05, 0.1) is 54.0 Å². The topological polar surface area (TPSA) is 36.8 Å². The van der Waals surface area contributed by atoms with E-state index in [2.05, 4.69) is 17.1 Å². The van der Waals surface area contributed by atoms with Crippen molar-refractivity contribution in [3.63, 3.8) is 0 Å². The van der Waals surface area contributed by atoms with Crippen LogP contribution in [0.3, 0.4) is 0 Å². The van der Waals surface area contributed by atoms with E-state index in [1.54, 1.807) is 35.2 Å². The van der Waals surface area contributed by atoms with Crippen LogP contribution >= 0.6 is 23.2 Å². The molecule has 1 fully saturated rings. The van der Waals surface area contributed by atoms with Crippen LogP contribution in [0, 0.1) is 0 Å². The van der Waals surface area contributed by atoms with Gasteiger partial charge in [0.25, 0.3) is 5.91 Å². The van der Waals surface area contributed by atoms with Gasteiger partial charge in [0.1, 0.15) is 0 Å². The number of hydrogen-bond acceptors (Lipinski definition) is 2. The van der Waals surface area contributed by atoms with Crippen molar-refractivity contribution in [2.45, 2.75) is 6.92 Å². The highest BCUT2D eigenvalue weighted by atomic mass is 35.5. The molecule has 0 saturated carbocycles. The summed E-state index contributed by atoms with van der Waals surface area (Å²) in [5.41, 5.74) is 2.13. The average Bonchev–Trinajstić information content (AvgIpc) is 2.62. The summed E-state index contributed by atoms with van der Waals surface area (Å²) in [5, 5.41) is 3.94. The number of benzene rings is 2. The second-order valence-electron chi connectivity index (χ2n) is 6.19. The molecule has 2 N–H and O–H groups in total. The summed E-state index contributed by atoms with van der Waals surface area (Å²) in [6.07, 6.45) is 0. The average molecular weight is 379 g/mol. The minimum atomic E-state index is -0.241. The predicted molar refractivity (Wildman–Crippen MR) is 104 cm³/mol. The number of carbonyl (C=O) groups is 1. The third kappa shape index (κ3) is 4.27. The summed E-state index contributed by atoms with van der Waals surface area (Å²) >= 11 is 12.5. The number of hydrogen-bond donors (Lipinski definition) is 2. The molecular formula is C19H22Cl2N3O+. The zero-order chi connectivity index (χ0) is 17.8. The van der Waals surface area contributed by atoms with E-state index in [1.165, 1.54) is 0 Å². The Balaban J connectivity index is 1.70. The van der Waals surface area contributed by atoms with Crippen LogP contribution in [0.5, 0.6) is 0 Å². The number of likely N-dealkylation sites (N-methyl/N-ethyl adjacent to an activating group) is 1. The number of halogens is 2. The largest absolute Gasteiger partial charge is 0.359 e. The molecule has 2 aromatic rings. The van der Waals surface area contributed by atoms with Gasteiger partial charge in [-0.15, -0.1) is 0 Å². The minimum absolute atomic E-state index is 0.241. The minimum Gasteiger partial charge on any atom is -0.359 e. The second-order valence-corrected chi connectivity index (χ2v) is 7.01. The number of nitrogens with zero attached hydrogens (tertiary/aromatic N) is 1. The Hall–Kier alpha value is -1.75. The standard InChI is InChI=1S/C19H21Cl2N3O/c1-2-23-9-11-24(12-10-23)18-8-7-14(13-17(18)21)22-19(25)15-5-3-4-6-16(15)20/h3-8,13H,2,9-12H2,1H3,(H,22,25)/p+1. The molecule has 4 nitrogen and oxygen atoms in total. The van der Waals surface area contributed by atoms with E-state index in [4.69, 9.17) is 23.2 Å². The van der Waals surface area contributed by atoms with Gasteiger partial charge in [-0.3, -0.25) is 4.79 Å². The van der Waals surface area contributed by atoms with Crippen LogP contribution in [-0.2, 0) is 0 Å². The molecule has 0 aromatic heterocycles. The fourth-order valence-corrected chi connectivity index (χ4v) is 3.62. The summed E-state index contributed by atoms with van der Waals surface area (Å²) in [4.78, 5) is 16.3. The van der Waals surface area contributed by atoms with Crippen LogP contribution in [0.2, 0.25) is 10.0 Å². The molecular weight excluding hydrogens is 357 g/mol. The summed E-state index contributed by atoms with van der Waals surface area (Å²) in [5.74, 6) is -0.241. The number of anilines is 2. The normalized spacial score (nSPS) is 15.2. The third-order valence-electron chi connectivity index (χ3n) is 4.64. The van der Waals surface area contributed by atoms with Crippen molar-refractivity contribution in [2.24, 2.45) is 0 Å². The highest BCUT2D eigenvalue weighted by Crippen LogP contribution is 2.29. The highest BCUT2D eigenvalue weighted by Gasteiger charge is 2.20. The first-order valence-corrected chi connectivity index (χ1v) is 9.28. The van der Waals surface area contributed by atoms with Crippen LogP contribution < -0.4 is 15.1 Å². The number of rotatable bonds is 4. The Morgan fingerprint density at radius 1 is 1.12 bits per heavy atom. The molecule has 6 heteroatoms. The van der Waals surface area contributed by atoms with Crippen molar-refractivity contribution in [2.75, 3.05) is 42.9 Å². The maximum Gasteiger partial charge on any atom is 0.257 e. The molecule has 2 aromatic carbocycles. The van der Waals surface area contributed by atoms with Crippen LogP contribution in [0.15, 0.2) is 42.5 Å². The Bertz CT molecular complexity index is 758. The maximum atomic E-state index is 12.4. The van der Waals surface area contributed by atoms with Crippen molar-refractivity contribution in [3.8, 4) is 0 Å². The quantitative estimate of drug-likeness (QED) is 0.857. The molecule has 25 heavy (non-hydrogen) atoms. The van der Waals surface area contributed by atoms with Gasteiger partial charge in [-0.25, -0.2) is 0 Å². The fourth-order valence-electron chi connectivity index (χ4n) is 3.10. The maximum absolute atomic E-state index is 12.4. The van der Waals surface area contributed by atoms with E-state index in [9.17, 15) is 4.79 Å². The van der Waals surface area contributed by atoms with Crippen molar-refractivity contribution in [1.82, 2.24) is 0 Å².